The van der Waals surface area contributed by atoms with E-state index in [9.17, 15) is 14.4 Å². The van der Waals surface area contributed by atoms with Crippen LogP contribution in [0.2, 0.25) is 0 Å². The van der Waals surface area contributed by atoms with Crippen LogP contribution >= 0.6 is 15.9 Å². The van der Waals surface area contributed by atoms with Gasteiger partial charge in [0.15, 0.2) is 5.69 Å². The molecule has 2 N–H and O–H groups in total. The molecule has 1 aromatic carbocycles. The second kappa shape index (κ2) is 9.12. The van der Waals surface area contributed by atoms with Crippen molar-refractivity contribution in [2.45, 2.75) is 26.8 Å². The molecule has 30 heavy (non-hydrogen) atoms. The number of nitrogens with one attached hydrogen (secondary N) is 2. The summed E-state index contributed by atoms with van der Waals surface area (Å²) < 4.78 is 12.7. The van der Waals surface area contributed by atoms with Crippen molar-refractivity contribution in [2.24, 2.45) is 0 Å². The standard InChI is InChI=1S/C20H21BrN4O5/c1-4-29-18(26)15-11(3)22-20(28)23-16(15)14-10-25(13-8-6-12(21)7-9-13)24-17(14)19(27)30-5-2/h6-10,16H,4-5H2,1-3H3,(H2,22,23,28)/t16-/m1/s1. The number of carbonyl (C=O) groups excluding carboxylic acids is 3. The van der Waals surface area contributed by atoms with Gasteiger partial charge in [0.25, 0.3) is 0 Å². The maximum atomic E-state index is 12.6. The van der Waals surface area contributed by atoms with Gasteiger partial charge in [-0.15, -0.1) is 0 Å². The summed E-state index contributed by atoms with van der Waals surface area (Å²) in [4.78, 5) is 37.4. The number of aromatic nitrogens is 2. The number of ether oxygens (including phenoxy) is 2. The van der Waals surface area contributed by atoms with Crippen LogP contribution in [0.3, 0.4) is 0 Å². The van der Waals surface area contributed by atoms with Gasteiger partial charge in [0.1, 0.15) is 0 Å². The van der Waals surface area contributed by atoms with E-state index >= 15 is 0 Å². The molecule has 1 aliphatic heterocycles. The summed E-state index contributed by atoms with van der Waals surface area (Å²) in [7, 11) is 0. The lowest BCUT2D eigenvalue weighted by Crippen LogP contribution is -2.45. The SMILES string of the molecule is CCOC(=O)C1=C(C)NC(=O)N[C@@H]1c1cn(-c2ccc(Br)cc2)nc1C(=O)OCC. The van der Waals surface area contributed by atoms with E-state index in [0.29, 0.717) is 16.9 Å². The number of allylic oxidation sites excluding steroid dienone is 1. The Kier molecular flexibility index (Phi) is 6.56. The quantitative estimate of drug-likeness (QED) is 0.619. The summed E-state index contributed by atoms with van der Waals surface area (Å²) in [6, 6.07) is 5.86. The molecule has 0 aliphatic carbocycles. The molecule has 1 atom stereocenters. The predicted octanol–water partition coefficient (Wildman–Crippen LogP) is 3.00. The van der Waals surface area contributed by atoms with Gasteiger partial charge in [0.05, 0.1) is 30.5 Å². The van der Waals surface area contributed by atoms with Crippen LogP contribution in [0.5, 0.6) is 0 Å². The monoisotopic (exact) mass is 476 g/mol. The first-order chi connectivity index (χ1) is 14.3. The Morgan fingerprint density at radius 3 is 2.40 bits per heavy atom. The zero-order chi connectivity index (χ0) is 21.8. The second-order valence-corrected chi connectivity index (χ2v) is 7.28. The van der Waals surface area contributed by atoms with Crippen molar-refractivity contribution >= 4 is 33.9 Å². The lowest BCUT2D eigenvalue weighted by Gasteiger charge is -2.27. The van der Waals surface area contributed by atoms with E-state index in [1.54, 1.807) is 27.0 Å². The van der Waals surface area contributed by atoms with Gasteiger partial charge in [-0.05, 0) is 45.0 Å². The molecule has 0 radical (unpaired) electrons. The van der Waals surface area contributed by atoms with Crippen LogP contribution in [-0.2, 0) is 14.3 Å². The fraction of sp³-hybridized carbons (Fsp3) is 0.300. The molecular weight excluding hydrogens is 456 g/mol. The zero-order valence-electron chi connectivity index (χ0n) is 16.7. The second-order valence-electron chi connectivity index (χ2n) is 6.37. The van der Waals surface area contributed by atoms with E-state index < -0.39 is 24.0 Å². The first-order valence-corrected chi connectivity index (χ1v) is 10.1. The number of nitrogens with zero attached hydrogens (tertiary/aromatic N) is 2. The number of benzene rings is 1. The smallest absolute Gasteiger partial charge is 0.359 e. The maximum Gasteiger partial charge on any atom is 0.359 e. The van der Waals surface area contributed by atoms with E-state index in [1.165, 1.54) is 4.68 Å². The number of urea groups is 1. The molecule has 9 nitrogen and oxygen atoms in total. The Hall–Kier alpha value is -3.14. The van der Waals surface area contributed by atoms with Gasteiger partial charge in [-0.25, -0.2) is 19.1 Å². The molecule has 2 heterocycles. The van der Waals surface area contributed by atoms with Crippen molar-refractivity contribution in [2.75, 3.05) is 13.2 Å². The van der Waals surface area contributed by atoms with Crippen molar-refractivity contribution < 1.29 is 23.9 Å². The molecule has 158 valence electrons. The lowest BCUT2D eigenvalue weighted by molar-refractivity contribution is -0.139. The summed E-state index contributed by atoms with van der Waals surface area (Å²) in [5.74, 6) is -1.25. The van der Waals surface area contributed by atoms with Gasteiger partial charge >= 0.3 is 18.0 Å². The Bertz CT molecular complexity index is 1010. The topological polar surface area (TPSA) is 112 Å². The van der Waals surface area contributed by atoms with Crippen LogP contribution in [0.4, 0.5) is 4.79 Å². The van der Waals surface area contributed by atoms with Crippen molar-refractivity contribution in [1.82, 2.24) is 20.4 Å². The maximum absolute atomic E-state index is 12.6. The highest BCUT2D eigenvalue weighted by atomic mass is 79.9. The van der Waals surface area contributed by atoms with Gasteiger partial charge in [0.2, 0.25) is 0 Å². The number of rotatable bonds is 6. The van der Waals surface area contributed by atoms with E-state index in [0.717, 1.165) is 4.47 Å². The normalized spacial score (nSPS) is 16.0. The van der Waals surface area contributed by atoms with Gasteiger partial charge in [0, 0.05) is 21.9 Å². The van der Waals surface area contributed by atoms with Crippen LogP contribution < -0.4 is 10.6 Å². The molecule has 0 fully saturated rings. The first-order valence-electron chi connectivity index (χ1n) is 9.33. The summed E-state index contributed by atoms with van der Waals surface area (Å²) >= 11 is 3.38. The number of esters is 2. The molecule has 2 amide bonds. The van der Waals surface area contributed by atoms with Crippen molar-refractivity contribution in [3.8, 4) is 5.69 Å². The highest BCUT2D eigenvalue weighted by Gasteiger charge is 2.36. The Morgan fingerprint density at radius 1 is 1.13 bits per heavy atom. The van der Waals surface area contributed by atoms with Crippen LogP contribution in [0.15, 0.2) is 46.2 Å². The number of hydrogen-bond acceptors (Lipinski definition) is 6. The van der Waals surface area contributed by atoms with E-state index in [4.69, 9.17) is 9.47 Å². The number of halogens is 1. The van der Waals surface area contributed by atoms with E-state index in [2.05, 4.69) is 31.7 Å². The molecule has 1 aliphatic rings. The van der Waals surface area contributed by atoms with Crippen molar-refractivity contribution in [1.29, 1.82) is 0 Å². The third-order valence-corrected chi connectivity index (χ3v) is 4.91. The fourth-order valence-electron chi connectivity index (χ4n) is 3.09. The molecule has 2 aromatic rings. The largest absolute Gasteiger partial charge is 0.463 e. The summed E-state index contributed by atoms with van der Waals surface area (Å²) in [5.41, 5.74) is 1.55. The molecule has 3 rings (SSSR count). The van der Waals surface area contributed by atoms with Crippen molar-refractivity contribution in [3.63, 3.8) is 0 Å². The van der Waals surface area contributed by atoms with Crippen molar-refractivity contribution in [3.05, 3.63) is 57.5 Å². The molecule has 1 aromatic heterocycles. The Labute approximate surface area is 181 Å². The van der Waals surface area contributed by atoms with Gasteiger partial charge < -0.3 is 20.1 Å². The number of hydrogen-bond donors (Lipinski definition) is 2. The van der Waals surface area contributed by atoms with Gasteiger partial charge in [-0.2, -0.15) is 5.10 Å². The van der Waals surface area contributed by atoms with Crippen LogP contribution in [0, 0.1) is 0 Å². The molecule has 0 saturated carbocycles. The van der Waals surface area contributed by atoms with E-state index in [1.807, 2.05) is 24.3 Å². The minimum absolute atomic E-state index is 0.00145. The van der Waals surface area contributed by atoms with Gasteiger partial charge in [-0.1, -0.05) is 15.9 Å². The Morgan fingerprint density at radius 2 is 1.77 bits per heavy atom. The molecule has 0 unspecified atom stereocenters. The van der Waals surface area contributed by atoms with Gasteiger partial charge in [-0.3, -0.25) is 0 Å². The number of carbonyl (C=O) groups is 3. The highest BCUT2D eigenvalue weighted by Crippen LogP contribution is 2.31. The molecular formula is C20H21BrN4O5. The van der Waals surface area contributed by atoms with Crippen LogP contribution in [0.1, 0.15) is 42.9 Å². The molecule has 0 spiro atoms. The summed E-state index contributed by atoms with van der Waals surface area (Å²) in [6.07, 6.45) is 1.60. The molecule has 10 heteroatoms. The lowest BCUT2D eigenvalue weighted by atomic mass is 9.96. The number of amides is 2. The molecule has 0 bridgehead atoms. The average molecular weight is 477 g/mol. The minimum Gasteiger partial charge on any atom is -0.463 e. The fourth-order valence-corrected chi connectivity index (χ4v) is 3.35. The average Bonchev–Trinajstić information content (AvgIpc) is 3.13. The summed E-state index contributed by atoms with van der Waals surface area (Å²) in [5, 5.41) is 9.63. The van der Waals surface area contributed by atoms with Crippen LogP contribution in [0.25, 0.3) is 5.69 Å². The summed E-state index contributed by atoms with van der Waals surface area (Å²) in [6.45, 7) is 5.29. The van der Waals surface area contributed by atoms with Crippen LogP contribution in [-0.4, -0.2) is 41.0 Å². The first kappa shape index (κ1) is 21.6. The minimum atomic E-state index is -0.929. The third-order valence-electron chi connectivity index (χ3n) is 4.38. The zero-order valence-corrected chi connectivity index (χ0v) is 18.3. The van der Waals surface area contributed by atoms with E-state index in [-0.39, 0.29) is 24.5 Å². The Balaban J connectivity index is 2.14. The molecule has 0 saturated heterocycles. The predicted molar refractivity (Wildman–Crippen MR) is 111 cm³/mol. The third kappa shape index (κ3) is 4.38. The highest BCUT2D eigenvalue weighted by molar-refractivity contribution is 9.10.